The Balaban J connectivity index is 1.44. The lowest BCUT2D eigenvalue weighted by Crippen LogP contribution is -2.25. The normalized spacial score (nSPS) is 10.1. The van der Waals surface area contributed by atoms with Crippen LogP contribution in [-0.4, -0.2) is 24.2 Å². The van der Waals surface area contributed by atoms with Gasteiger partial charge < -0.3 is 14.6 Å². The lowest BCUT2D eigenvalue weighted by Gasteiger charge is -2.07. The number of ether oxygens (including phenoxy) is 1. The molecule has 1 heterocycles. The number of carbonyl (C=O) groups is 1. The molecule has 2 aromatic carbocycles. The zero-order valence-electron chi connectivity index (χ0n) is 14.9. The zero-order valence-corrected chi connectivity index (χ0v) is 14.9. The first-order valence-corrected chi connectivity index (χ1v) is 8.65. The number of benzene rings is 2. The number of allylic oxidation sites excluding steroid dienone is 1. The summed E-state index contributed by atoms with van der Waals surface area (Å²) in [5.74, 6) is 6.43. The number of fused-ring (bicyclic) bond motifs is 1. The van der Waals surface area contributed by atoms with Gasteiger partial charge in [0.25, 0.3) is 0 Å². The summed E-state index contributed by atoms with van der Waals surface area (Å²) in [5.41, 5.74) is 2.37. The first-order valence-electron chi connectivity index (χ1n) is 8.65. The van der Waals surface area contributed by atoms with Gasteiger partial charge in [0.1, 0.15) is 18.1 Å². The highest BCUT2D eigenvalue weighted by molar-refractivity contribution is 5.86. The molecule has 1 aromatic heterocycles. The highest BCUT2D eigenvalue weighted by Gasteiger charge is 2.11. The van der Waals surface area contributed by atoms with E-state index in [-0.39, 0.29) is 25.5 Å². The fourth-order valence-electron chi connectivity index (χ4n) is 2.62. The smallest absolute Gasteiger partial charge is 0.226 e. The van der Waals surface area contributed by atoms with E-state index in [1.54, 1.807) is 0 Å². The van der Waals surface area contributed by atoms with Crippen LogP contribution in [0.5, 0.6) is 5.75 Å². The van der Waals surface area contributed by atoms with Gasteiger partial charge in [-0.3, -0.25) is 4.79 Å². The summed E-state index contributed by atoms with van der Waals surface area (Å²) < 4.78 is 10.9. The van der Waals surface area contributed by atoms with Crippen molar-refractivity contribution in [3.05, 3.63) is 72.4 Å². The standard InChI is InChI=1S/C22H20N2O3/c1-2-9-17-10-3-5-12-20(17)26-15-8-7-14-23-22(25)16-19-18-11-4-6-13-21(18)27-24-19/h2-6,10-13H,1,9,14-16H2,(H,23,25). The van der Waals surface area contributed by atoms with Crippen molar-refractivity contribution in [2.75, 3.05) is 13.2 Å². The summed E-state index contributed by atoms with van der Waals surface area (Å²) in [6.07, 6.45) is 2.74. The number of carbonyl (C=O) groups excluding carboxylic acids is 1. The number of amides is 1. The van der Waals surface area contributed by atoms with Crippen LogP contribution in [0.15, 0.2) is 65.7 Å². The van der Waals surface area contributed by atoms with Crippen LogP contribution in [0.1, 0.15) is 11.3 Å². The lowest BCUT2D eigenvalue weighted by molar-refractivity contribution is -0.120. The van der Waals surface area contributed by atoms with Gasteiger partial charge in [-0.15, -0.1) is 6.58 Å². The van der Waals surface area contributed by atoms with E-state index < -0.39 is 0 Å². The summed E-state index contributed by atoms with van der Waals surface area (Å²) in [6, 6.07) is 15.2. The zero-order chi connectivity index (χ0) is 18.9. The molecule has 3 rings (SSSR count). The van der Waals surface area contributed by atoms with Crippen LogP contribution >= 0.6 is 0 Å². The molecule has 0 bridgehead atoms. The number of hydrogen-bond donors (Lipinski definition) is 1. The Bertz CT molecular complexity index is 995. The summed E-state index contributed by atoms with van der Waals surface area (Å²) in [4.78, 5) is 12.0. The molecule has 0 fully saturated rings. The average Bonchev–Trinajstić information content (AvgIpc) is 3.09. The molecule has 0 aliphatic heterocycles. The predicted molar refractivity (Wildman–Crippen MR) is 104 cm³/mol. The second-order valence-electron chi connectivity index (χ2n) is 5.82. The minimum atomic E-state index is -0.152. The average molecular weight is 360 g/mol. The summed E-state index contributed by atoms with van der Waals surface area (Å²) >= 11 is 0. The molecule has 3 aromatic rings. The molecule has 0 saturated carbocycles. The van der Waals surface area contributed by atoms with Crippen molar-refractivity contribution in [3.8, 4) is 17.6 Å². The van der Waals surface area contributed by atoms with Crippen LogP contribution in [0.25, 0.3) is 11.0 Å². The molecule has 136 valence electrons. The van der Waals surface area contributed by atoms with E-state index in [1.807, 2.05) is 54.6 Å². The largest absolute Gasteiger partial charge is 0.481 e. The van der Waals surface area contributed by atoms with Crippen LogP contribution in [0.2, 0.25) is 0 Å². The Morgan fingerprint density at radius 3 is 2.89 bits per heavy atom. The van der Waals surface area contributed by atoms with Gasteiger partial charge in [-0.05, 0) is 30.2 Å². The van der Waals surface area contributed by atoms with Gasteiger partial charge in [-0.25, -0.2) is 0 Å². The third kappa shape index (κ3) is 4.99. The van der Waals surface area contributed by atoms with Crippen LogP contribution in [-0.2, 0) is 17.6 Å². The van der Waals surface area contributed by atoms with Gasteiger partial charge in [0.15, 0.2) is 5.58 Å². The quantitative estimate of drug-likeness (QED) is 0.519. The predicted octanol–water partition coefficient (Wildman–Crippen LogP) is 3.30. The van der Waals surface area contributed by atoms with E-state index in [0.29, 0.717) is 11.3 Å². The molecule has 0 saturated heterocycles. The molecule has 0 atom stereocenters. The number of para-hydroxylation sites is 2. The molecule has 27 heavy (non-hydrogen) atoms. The van der Waals surface area contributed by atoms with Gasteiger partial charge in [-0.2, -0.15) is 0 Å². The van der Waals surface area contributed by atoms with Gasteiger partial charge in [0.2, 0.25) is 5.91 Å². The summed E-state index contributed by atoms with van der Waals surface area (Å²) in [6.45, 7) is 4.26. The third-order valence-electron chi connectivity index (χ3n) is 3.92. The molecule has 0 spiro atoms. The summed E-state index contributed by atoms with van der Waals surface area (Å²) in [7, 11) is 0. The molecule has 0 aliphatic carbocycles. The topological polar surface area (TPSA) is 64.4 Å². The monoisotopic (exact) mass is 360 g/mol. The Morgan fingerprint density at radius 2 is 2.00 bits per heavy atom. The van der Waals surface area contributed by atoms with Crippen LogP contribution < -0.4 is 10.1 Å². The van der Waals surface area contributed by atoms with E-state index in [9.17, 15) is 4.79 Å². The van der Waals surface area contributed by atoms with E-state index >= 15 is 0 Å². The van der Waals surface area contributed by atoms with Crippen molar-refractivity contribution in [1.82, 2.24) is 10.5 Å². The highest BCUT2D eigenvalue weighted by atomic mass is 16.5. The fraction of sp³-hybridized carbons (Fsp3) is 0.182. The minimum absolute atomic E-state index is 0.152. The molecular formula is C22H20N2O3. The maximum absolute atomic E-state index is 12.0. The van der Waals surface area contributed by atoms with Crippen molar-refractivity contribution in [3.63, 3.8) is 0 Å². The Kier molecular flexibility index (Phi) is 6.26. The van der Waals surface area contributed by atoms with Crippen LogP contribution in [0.3, 0.4) is 0 Å². The van der Waals surface area contributed by atoms with Crippen molar-refractivity contribution in [1.29, 1.82) is 0 Å². The number of hydrogen-bond acceptors (Lipinski definition) is 4. The number of nitrogens with one attached hydrogen (secondary N) is 1. The number of rotatable bonds is 7. The van der Waals surface area contributed by atoms with Crippen LogP contribution in [0, 0.1) is 11.8 Å². The maximum Gasteiger partial charge on any atom is 0.226 e. The van der Waals surface area contributed by atoms with Crippen molar-refractivity contribution in [2.45, 2.75) is 12.8 Å². The van der Waals surface area contributed by atoms with E-state index in [0.717, 1.165) is 23.1 Å². The van der Waals surface area contributed by atoms with Gasteiger partial charge in [-0.1, -0.05) is 53.4 Å². The first-order chi connectivity index (χ1) is 13.3. The Morgan fingerprint density at radius 1 is 1.19 bits per heavy atom. The minimum Gasteiger partial charge on any atom is -0.481 e. The summed E-state index contributed by atoms with van der Waals surface area (Å²) in [5, 5.41) is 7.56. The third-order valence-corrected chi connectivity index (χ3v) is 3.92. The van der Waals surface area contributed by atoms with E-state index in [2.05, 4.69) is 28.9 Å². The highest BCUT2D eigenvalue weighted by Crippen LogP contribution is 2.19. The van der Waals surface area contributed by atoms with Crippen molar-refractivity contribution < 1.29 is 14.1 Å². The van der Waals surface area contributed by atoms with Crippen molar-refractivity contribution >= 4 is 16.9 Å². The van der Waals surface area contributed by atoms with E-state index in [1.165, 1.54) is 0 Å². The fourth-order valence-corrected chi connectivity index (χ4v) is 2.62. The van der Waals surface area contributed by atoms with Gasteiger partial charge >= 0.3 is 0 Å². The van der Waals surface area contributed by atoms with Gasteiger partial charge in [0.05, 0.1) is 13.0 Å². The van der Waals surface area contributed by atoms with Crippen LogP contribution in [0.4, 0.5) is 0 Å². The molecular weight excluding hydrogens is 340 g/mol. The first kappa shape index (κ1) is 18.3. The molecule has 0 radical (unpaired) electrons. The number of nitrogens with zero attached hydrogens (tertiary/aromatic N) is 1. The van der Waals surface area contributed by atoms with E-state index in [4.69, 9.17) is 9.26 Å². The maximum atomic E-state index is 12.0. The second-order valence-corrected chi connectivity index (χ2v) is 5.82. The molecule has 0 aliphatic rings. The second kappa shape index (κ2) is 9.25. The Hall–Kier alpha value is -3.52. The molecule has 5 nitrogen and oxygen atoms in total. The van der Waals surface area contributed by atoms with Crippen molar-refractivity contribution in [2.24, 2.45) is 0 Å². The number of aromatic nitrogens is 1. The van der Waals surface area contributed by atoms with Gasteiger partial charge in [0, 0.05) is 5.39 Å². The molecule has 5 heteroatoms. The lowest BCUT2D eigenvalue weighted by atomic mass is 10.1. The SMILES string of the molecule is C=CCc1ccccc1OCC#CCNC(=O)Cc1noc2ccccc12. The molecule has 0 unspecified atom stereocenters. The molecule has 1 amide bonds. The molecule has 1 N–H and O–H groups in total. The Labute approximate surface area is 158 Å².